The highest BCUT2D eigenvalue weighted by Crippen LogP contribution is 2.18. The van der Waals surface area contributed by atoms with Gasteiger partial charge in [0, 0.05) is 0 Å². The zero-order valence-corrected chi connectivity index (χ0v) is 7.35. The predicted octanol–water partition coefficient (Wildman–Crippen LogP) is -1.47. The fraction of sp³-hybridized carbons (Fsp3) is 1.00. The van der Waals surface area contributed by atoms with Gasteiger partial charge >= 0.3 is 0 Å². The van der Waals surface area contributed by atoms with Crippen molar-refractivity contribution < 1.29 is 29.7 Å². The molecule has 86 valence electrons. The summed E-state index contributed by atoms with van der Waals surface area (Å²) in [5.41, 5.74) is 0. The number of rotatable bonds is 5. The van der Waals surface area contributed by atoms with E-state index in [1.165, 1.54) is 0 Å². The quantitative estimate of drug-likeness (QED) is 0.441. The fourth-order valence-corrected chi connectivity index (χ4v) is 1.17. The number of aliphatic hydroxyl groups is 1. The van der Waals surface area contributed by atoms with Crippen molar-refractivity contribution in [3.63, 3.8) is 0 Å². The van der Waals surface area contributed by atoms with Crippen molar-refractivity contribution in [2.75, 3.05) is 13.2 Å². The molecule has 1 fully saturated rings. The molecule has 1 aliphatic heterocycles. The molecular weight excluding hydrogens is 216 g/mol. The summed E-state index contributed by atoms with van der Waals surface area (Å²) in [5, 5.41) is 26.9. The number of hydrogen-bond donors (Lipinski definition) is 1. The first-order valence-corrected chi connectivity index (χ1v) is 3.89. The molecule has 1 N–H and O–H groups in total. The third-order valence-corrected chi connectivity index (χ3v) is 1.78. The van der Waals surface area contributed by atoms with Gasteiger partial charge in [-0.3, -0.25) is 0 Å². The first-order chi connectivity index (χ1) is 7.00. The molecule has 0 aromatic heterocycles. The molecule has 0 amide bonds. The van der Waals surface area contributed by atoms with Gasteiger partial charge in [0.05, 0.1) is 6.61 Å². The van der Waals surface area contributed by atoms with Crippen LogP contribution in [0.25, 0.3) is 0 Å². The fourth-order valence-electron chi connectivity index (χ4n) is 1.17. The van der Waals surface area contributed by atoms with Crippen LogP contribution in [0.15, 0.2) is 0 Å². The molecule has 0 aromatic rings. The van der Waals surface area contributed by atoms with Crippen molar-refractivity contribution in [1.82, 2.24) is 0 Å². The molecule has 10 nitrogen and oxygen atoms in total. The molecule has 1 rings (SSSR count). The summed E-state index contributed by atoms with van der Waals surface area (Å²) in [6, 6.07) is 0. The standard InChI is InChI=1S/C5H8N2O8/c8-3-1-13-4(2-14-6(9)10)5(3)15-7(11)12/h3-5,8H,1-2H2/t3-,4+,5+/m0/s1. The van der Waals surface area contributed by atoms with E-state index < -0.39 is 35.1 Å². The minimum Gasteiger partial charge on any atom is -0.388 e. The van der Waals surface area contributed by atoms with Crippen LogP contribution < -0.4 is 0 Å². The molecule has 0 aliphatic carbocycles. The van der Waals surface area contributed by atoms with Gasteiger partial charge in [-0.1, -0.05) is 0 Å². The van der Waals surface area contributed by atoms with Gasteiger partial charge in [-0.2, -0.15) is 0 Å². The smallest absolute Gasteiger partial charge is 0.294 e. The van der Waals surface area contributed by atoms with E-state index in [0.29, 0.717) is 0 Å². The van der Waals surface area contributed by atoms with Crippen LogP contribution in [0.2, 0.25) is 0 Å². The summed E-state index contributed by atoms with van der Waals surface area (Å²) in [6.07, 6.45) is -3.49. The van der Waals surface area contributed by atoms with E-state index in [9.17, 15) is 25.3 Å². The maximum atomic E-state index is 10.0. The Morgan fingerprint density at radius 1 is 1.40 bits per heavy atom. The highest BCUT2D eigenvalue weighted by Gasteiger charge is 2.39. The zero-order chi connectivity index (χ0) is 11.4. The molecule has 0 bridgehead atoms. The Balaban J connectivity index is 2.47. The molecule has 0 aromatic carbocycles. The molecule has 1 saturated heterocycles. The number of ether oxygens (including phenoxy) is 1. The molecule has 10 heteroatoms. The summed E-state index contributed by atoms with van der Waals surface area (Å²) < 4.78 is 4.82. The minimum absolute atomic E-state index is 0.190. The summed E-state index contributed by atoms with van der Waals surface area (Å²) in [5.74, 6) is 0. The summed E-state index contributed by atoms with van der Waals surface area (Å²) >= 11 is 0. The highest BCUT2D eigenvalue weighted by molar-refractivity contribution is 4.83. The van der Waals surface area contributed by atoms with Crippen LogP contribution in [-0.4, -0.2) is 46.8 Å². The van der Waals surface area contributed by atoms with E-state index in [1.807, 2.05) is 0 Å². The Labute approximate surface area is 82.5 Å². The first-order valence-electron chi connectivity index (χ1n) is 3.89. The molecule has 0 spiro atoms. The van der Waals surface area contributed by atoms with Gasteiger partial charge in [0.1, 0.15) is 18.8 Å². The lowest BCUT2D eigenvalue weighted by atomic mass is 10.2. The summed E-state index contributed by atoms with van der Waals surface area (Å²) in [4.78, 5) is 28.0. The van der Waals surface area contributed by atoms with Crippen LogP contribution in [-0.2, 0) is 14.4 Å². The highest BCUT2D eigenvalue weighted by atomic mass is 17.0. The maximum absolute atomic E-state index is 10.0. The van der Waals surface area contributed by atoms with E-state index in [2.05, 4.69) is 9.68 Å². The lowest BCUT2D eigenvalue weighted by Crippen LogP contribution is -2.37. The molecule has 1 heterocycles. The lowest BCUT2D eigenvalue weighted by Gasteiger charge is -2.16. The largest absolute Gasteiger partial charge is 0.388 e. The third kappa shape index (κ3) is 3.18. The Morgan fingerprint density at radius 3 is 2.60 bits per heavy atom. The molecule has 3 atom stereocenters. The van der Waals surface area contributed by atoms with Gasteiger partial charge in [-0.25, -0.2) is 0 Å². The summed E-state index contributed by atoms with van der Waals surface area (Å²) in [7, 11) is 0. The van der Waals surface area contributed by atoms with E-state index in [-0.39, 0.29) is 6.61 Å². The minimum atomic E-state index is -1.26. The molecule has 0 radical (unpaired) electrons. The average molecular weight is 224 g/mol. The van der Waals surface area contributed by atoms with Crippen molar-refractivity contribution in [2.45, 2.75) is 18.3 Å². The molecule has 0 saturated carbocycles. The predicted molar refractivity (Wildman–Crippen MR) is 40.6 cm³/mol. The SMILES string of the molecule is O=[N+]([O-])OC[C@H]1OC[C@H](O)[C@H]1O[N+](=O)[O-]. The Hall–Kier alpha value is -1.68. The van der Waals surface area contributed by atoms with Gasteiger partial charge in [0.25, 0.3) is 10.2 Å². The lowest BCUT2D eigenvalue weighted by molar-refractivity contribution is -0.776. The van der Waals surface area contributed by atoms with E-state index in [1.54, 1.807) is 0 Å². The Morgan fingerprint density at radius 2 is 2.07 bits per heavy atom. The Kier molecular flexibility index (Phi) is 3.57. The van der Waals surface area contributed by atoms with Crippen LogP contribution in [0.1, 0.15) is 0 Å². The first kappa shape index (κ1) is 11.4. The van der Waals surface area contributed by atoms with Crippen molar-refractivity contribution in [3.8, 4) is 0 Å². The molecule has 1 aliphatic rings. The van der Waals surface area contributed by atoms with Crippen molar-refractivity contribution in [3.05, 3.63) is 20.2 Å². The van der Waals surface area contributed by atoms with Crippen molar-refractivity contribution in [2.24, 2.45) is 0 Å². The van der Waals surface area contributed by atoms with E-state index in [0.717, 1.165) is 0 Å². The second-order valence-corrected chi connectivity index (χ2v) is 2.75. The van der Waals surface area contributed by atoms with Gasteiger partial charge < -0.3 is 19.5 Å². The van der Waals surface area contributed by atoms with Crippen molar-refractivity contribution >= 4 is 0 Å². The van der Waals surface area contributed by atoms with Crippen LogP contribution in [0.3, 0.4) is 0 Å². The third-order valence-electron chi connectivity index (χ3n) is 1.78. The number of hydrogen-bond acceptors (Lipinski definition) is 8. The number of aliphatic hydroxyl groups excluding tert-OH is 1. The normalized spacial score (nSPS) is 29.8. The van der Waals surface area contributed by atoms with Crippen LogP contribution in [0.5, 0.6) is 0 Å². The monoisotopic (exact) mass is 224 g/mol. The molecule has 15 heavy (non-hydrogen) atoms. The second-order valence-electron chi connectivity index (χ2n) is 2.75. The van der Waals surface area contributed by atoms with Crippen LogP contribution in [0, 0.1) is 20.2 Å². The van der Waals surface area contributed by atoms with E-state index >= 15 is 0 Å². The zero-order valence-electron chi connectivity index (χ0n) is 7.35. The maximum Gasteiger partial charge on any atom is 0.294 e. The van der Waals surface area contributed by atoms with Gasteiger partial charge in [0.2, 0.25) is 0 Å². The summed E-state index contributed by atoms with van der Waals surface area (Å²) in [6.45, 7) is -0.715. The Bertz CT molecular complexity index is 257. The van der Waals surface area contributed by atoms with Crippen LogP contribution >= 0.6 is 0 Å². The topological polar surface area (TPSA) is 134 Å². The average Bonchev–Trinajstić information content (AvgIpc) is 2.44. The van der Waals surface area contributed by atoms with Gasteiger partial charge in [-0.15, -0.1) is 20.2 Å². The van der Waals surface area contributed by atoms with Gasteiger partial charge in [0.15, 0.2) is 6.10 Å². The molecule has 0 unspecified atom stereocenters. The number of nitrogens with zero attached hydrogens (tertiary/aromatic N) is 2. The van der Waals surface area contributed by atoms with Crippen molar-refractivity contribution in [1.29, 1.82) is 0 Å². The van der Waals surface area contributed by atoms with E-state index in [4.69, 9.17) is 4.74 Å². The molecular formula is C5H8N2O8. The van der Waals surface area contributed by atoms with Crippen LogP contribution in [0.4, 0.5) is 0 Å². The second kappa shape index (κ2) is 4.70. The van der Waals surface area contributed by atoms with Gasteiger partial charge in [-0.05, 0) is 0 Å².